The molecule has 1 heterocycles. The quantitative estimate of drug-likeness (QED) is 0.323. The molecule has 7 heteroatoms. The summed E-state index contributed by atoms with van der Waals surface area (Å²) in [7, 11) is 0. The number of halogens is 1. The SMILES string of the molecule is N#C/C(=C\c1ccc(N2CCOCC2)c([N+](=O)[O-])c1)c1ccc(Br)cc1. The molecule has 2 aromatic rings. The topological polar surface area (TPSA) is 79.4 Å². The largest absolute Gasteiger partial charge is 0.378 e. The van der Waals surface area contributed by atoms with Gasteiger partial charge in [0.25, 0.3) is 5.69 Å². The van der Waals surface area contributed by atoms with E-state index < -0.39 is 0 Å². The van der Waals surface area contributed by atoms with Crippen molar-refractivity contribution in [3.8, 4) is 6.07 Å². The fraction of sp³-hybridized carbons (Fsp3) is 0.211. The average Bonchev–Trinajstić information content (AvgIpc) is 2.67. The molecule has 0 aromatic heterocycles. The molecule has 1 aliphatic heterocycles. The summed E-state index contributed by atoms with van der Waals surface area (Å²) >= 11 is 3.36. The van der Waals surface area contributed by atoms with Gasteiger partial charge < -0.3 is 9.64 Å². The molecule has 1 aliphatic rings. The maximum Gasteiger partial charge on any atom is 0.293 e. The monoisotopic (exact) mass is 413 g/mol. The molecule has 3 rings (SSSR count). The molecule has 132 valence electrons. The van der Waals surface area contributed by atoms with Crippen LogP contribution in [0.2, 0.25) is 0 Å². The highest BCUT2D eigenvalue weighted by Crippen LogP contribution is 2.31. The normalized spacial score (nSPS) is 14.8. The Morgan fingerprint density at radius 3 is 2.54 bits per heavy atom. The fourth-order valence-corrected chi connectivity index (χ4v) is 3.09. The number of nitriles is 1. The highest BCUT2D eigenvalue weighted by molar-refractivity contribution is 9.10. The summed E-state index contributed by atoms with van der Waals surface area (Å²) < 4.78 is 6.23. The first-order chi connectivity index (χ1) is 12.6. The number of anilines is 1. The van der Waals surface area contributed by atoms with E-state index in [0.717, 1.165) is 10.0 Å². The second-order valence-electron chi connectivity index (χ2n) is 5.78. The summed E-state index contributed by atoms with van der Waals surface area (Å²) in [6.45, 7) is 2.36. The van der Waals surface area contributed by atoms with Gasteiger partial charge in [0.05, 0.1) is 29.8 Å². The van der Waals surface area contributed by atoms with Crippen LogP contribution in [-0.4, -0.2) is 31.2 Å². The van der Waals surface area contributed by atoms with Crippen molar-refractivity contribution in [3.63, 3.8) is 0 Å². The van der Waals surface area contributed by atoms with Crippen LogP contribution in [0.25, 0.3) is 11.6 Å². The Balaban J connectivity index is 1.97. The Morgan fingerprint density at radius 2 is 1.92 bits per heavy atom. The van der Waals surface area contributed by atoms with E-state index in [4.69, 9.17) is 4.74 Å². The van der Waals surface area contributed by atoms with Crippen molar-refractivity contribution in [1.29, 1.82) is 5.26 Å². The lowest BCUT2D eigenvalue weighted by atomic mass is 10.0. The summed E-state index contributed by atoms with van der Waals surface area (Å²) in [5.74, 6) is 0. The van der Waals surface area contributed by atoms with Crippen molar-refractivity contribution in [2.24, 2.45) is 0 Å². The standard InChI is InChI=1S/C19H16BrN3O3/c20-17-4-2-15(3-5-17)16(13-21)11-14-1-6-18(19(12-14)23(24)25)22-7-9-26-10-8-22/h1-6,11-12H,7-10H2/b16-11+. The van der Waals surface area contributed by atoms with E-state index in [1.165, 1.54) is 6.07 Å². The van der Waals surface area contributed by atoms with Gasteiger partial charge in [0, 0.05) is 23.6 Å². The minimum atomic E-state index is -0.381. The van der Waals surface area contributed by atoms with Gasteiger partial charge in [0.1, 0.15) is 5.69 Å². The maximum atomic E-state index is 11.5. The van der Waals surface area contributed by atoms with E-state index in [0.29, 0.717) is 43.1 Å². The number of hydrogen-bond donors (Lipinski definition) is 0. The Bertz CT molecular complexity index is 882. The molecule has 2 aromatic carbocycles. The van der Waals surface area contributed by atoms with Gasteiger partial charge in [-0.25, -0.2) is 0 Å². The van der Waals surface area contributed by atoms with Crippen molar-refractivity contribution < 1.29 is 9.66 Å². The van der Waals surface area contributed by atoms with Crippen LogP contribution in [0.4, 0.5) is 11.4 Å². The van der Waals surface area contributed by atoms with Gasteiger partial charge in [0.15, 0.2) is 0 Å². The first-order valence-electron chi connectivity index (χ1n) is 8.07. The van der Waals surface area contributed by atoms with Crippen LogP contribution in [0, 0.1) is 21.4 Å². The van der Waals surface area contributed by atoms with E-state index in [2.05, 4.69) is 22.0 Å². The predicted octanol–water partition coefficient (Wildman–Crippen LogP) is 4.26. The fourth-order valence-electron chi connectivity index (χ4n) is 2.82. The molecular weight excluding hydrogens is 398 g/mol. The van der Waals surface area contributed by atoms with Crippen LogP contribution in [0.1, 0.15) is 11.1 Å². The third kappa shape index (κ3) is 4.10. The molecule has 0 N–H and O–H groups in total. The van der Waals surface area contributed by atoms with Gasteiger partial charge in [-0.15, -0.1) is 0 Å². The minimum Gasteiger partial charge on any atom is -0.378 e. The van der Waals surface area contributed by atoms with Crippen molar-refractivity contribution in [2.75, 3.05) is 31.2 Å². The Kier molecular flexibility index (Phi) is 5.66. The summed E-state index contributed by atoms with van der Waals surface area (Å²) in [5, 5.41) is 21.0. The van der Waals surface area contributed by atoms with Crippen molar-refractivity contribution >= 4 is 39.0 Å². The summed E-state index contributed by atoms with van der Waals surface area (Å²) in [5.41, 5.74) is 2.45. The van der Waals surface area contributed by atoms with Crippen molar-refractivity contribution in [2.45, 2.75) is 0 Å². The number of benzene rings is 2. The Morgan fingerprint density at radius 1 is 1.23 bits per heavy atom. The van der Waals surface area contributed by atoms with Crippen LogP contribution in [0.3, 0.4) is 0 Å². The van der Waals surface area contributed by atoms with Gasteiger partial charge in [0.2, 0.25) is 0 Å². The van der Waals surface area contributed by atoms with Crippen LogP contribution in [0.5, 0.6) is 0 Å². The molecule has 6 nitrogen and oxygen atoms in total. The third-order valence-corrected chi connectivity index (χ3v) is 4.66. The molecule has 0 aliphatic carbocycles. The van der Waals surface area contributed by atoms with E-state index in [9.17, 15) is 15.4 Å². The number of nitrogens with zero attached hydrogens (tertiary/aromatic N) is 3. The van der Waals surface area contributed by atoms with E-state index in [1.807, 2.05) is 29.2 Å². The number of allylic oxidation sites excluding steroid dienone is 1. The number of hydrogen-bond acceptors (Lipinski definition) is 5. The zero-order valence-electron chi connectivity index (χ0n) is 13.9. The summed E-state index contributed by atoms with van der Waals surface area (Å²) in [6.07, 6.45) is 1.67. The van der Waals surface area contributed by atoms with Gasteiger partial charge in [-0.05, 0) is 35.4 Å². The van der Waals surface area contributed by atoms with Gasteiger partial charge in [-0.3, -0.25) is 10.1 Å². The van der Waals surface area contributed by atoms with Gasteiger partial charge >= 0.3 is 0 Å². The number of nitro benzene ring substituents is 1. The molecule has 1 saturated heterocycles. The lowest BCUT2D eigenvalue weighted by Crippen LogP contribution is -2.36. The second kappa shape index (κ2) is 8.13. The van der Waals surface area contributed by atoms with Crippen molar-refractivity contribution in [3.05, 3.63) is 68.2 Å². The highest BCUT2D eigenvalue weighted by atomic mass is 79.9. The van der Waals surface area contributed by atoms with Gasteiger partial charge in [-0.1, -0.05) is 34.1 Å². The Labute approximate surface area is 159 Å². The number of ether oxygens (including phenoxy) is 1. The first kappa shape index (κ1) is 18.1. The number of rotatable bonds is 4. The predicted molar refractivity (Wildman–Crippen MR) is 104 cm³/mol. The summed E-state index contributed by atoms with van der Waals surface area (Å²) in [6, 6.07) is 14.6. The molecule has 0 atom stereocenters. The molecular formula is C19H16BrN3O3. The second-order valence-corrected chi connectivity index (χ2v) is 6.70. The van der Waals surface area contributed by atoms with Crippen LogP contribution < -0.4 is 4.90 Å². The zero-order chi connectivity index (χ0) is 18.5. The van der Waals surface area contributed by atoms with Crippen molar-refractivity contribution in [1.82, 2.24) is 0 Å². The molecule has 0 amide bonds. The molecule has 0 radical (unpaired) electrons. The highest BCUT2D eigenvalue weighted by Gasteiger charge is 2.21. The van der Waals surface area contributed by atoms with Crippen LogP contribution in [-0.2, 0) is 4.74 Å². The molecule has 0 unspecified atom stereocenters. The molecule has 1 fully saturated rings. The lowest BCUT2D eigenvalue weighted by molar-refractivity contribution is -0.384. The molecule has 0 bridgehead atoms. The minimum absolute atomic E-state index is 0.0359. The van der Waals surface area contributed by atoms with E-state index >= 15 is 0 Å². The number of morpholine rings is 1. The van der Waals surface area contributed by atoms with Crippen LogP contribution in [0.15, 0.2) is 46.9 Å². The molecule has 0 spiro atoms. The van der Waals surface area contributed by atoms with Gasteiger partial charge in [-0.2, -0.15) is 5.26 Å². The van der Waals surface area contributed by atoms with E-state index in [-0.39, 0.29) is 10.6 Å². The third-order valence-electron chi connectivity index (χ3n) is 4.13. The smallest absolute Gasteiger partial charge is 0.293 e. The zero-order valence-corrected chi connectivity index (χ0v) is 15.5. The number of nitro groups is 1. The molecule has 0 saturated carbocycles. The summed E-state index contributed by atoms with van der Waals surface area (Å²) in [4.78, 5) is 13.1. The molecule has 26 heavy (non-hydrogen) atoms. The average molecular weight is 414 g/mol. The maximum absolute atomic E-state index is 11.5. The Hall–Kier alpha value is -2.69. The lowest BCUT2D eigenvalue weighted by Gasteiger charge is -2.28. The van der Waals surface area contributed by atoms with Crippen LogP contribution >= 0.6 is 15.9 Å². The first-order valence-corrected chi connectivity index (χ1v) is 8.86. The van der Waals surface area contributed by atoms with E-state index in [1.54, 1.807) is 18.2 Å².